The van der Waals surface area contributed by atoms with Gasteiger partial charge in [-0.2, -0.15) is 0 Å². The van der Waals surface area contributed by atoms with Gasteiger partial charge in [0.05, 0.1) is 18.6 Å². The molecule has 1 heterocycles. The zero-order chi connectivity index (χ0) is 22.6. The third kappa shape index (κ3) is 7.93. The highest BCUT2D eigenvalue weighted by molar-refractivity contribution is 6.74. The predicted molar refractivity (Wildman–Crippen MR) is 118 cm³/mol. The van der Waals surface area contributed by atoms with Gasteiger partial charge >= 0.3 is 12.1 Å². The highest BCUT2D eigenvalue weighted by Gasteiger charge is 2.44. The van der Waals surface area contributed by atoms with Gasteiger partial charge in [-0.1, -0.05) is 27.7 Å². The quantitative estimate of drug-likeness (QED) is 0.402. The lowest BCUT2D eigenvalue weighted by Gasteiger charge is -2.38. The molecule has 0 spiro atoms. The maximum Gasteiger partial charge on any atom is 0.410 e. The van der Waals surface area contributed by atoms with Crippen LogP contribution in [0, 0.1) is 5.92 Å². The number of ether oxygens (including phenoxy) is 2. The van der Waals surface area contributed by atoms with E-state index in [0.29, 0.717) is 19.6 Å². The molecule has 1 unspecified atom stereocenters. The van der Waals surface area contributed by atoms with Gasteiger partial charge in [0.15, 0.2) is 8.32 Å². The van der Waals surface area contributed by atoms with E-state index in [1.165, 1.54) is 0 Å². The van der Waals surface area contributed by atoms with Crippen LogP contribution >= 0.6 is 0 Å². The number of esters is 1. The second-order valence-electron chi connectivity index (χ2n) is 10.8. The van der Waals surface area contributed by atoms with Crippen LogP contribution in [0.4, 0.5) is 4.79 Å². The van der Waals surface area contributed by atoms with Gasteiger partial charge < -0.3 is 18.8 Å². The molecule has 0 aromatic rings. The summed E-state index contributed by atoms with van der Waals surface area (Å²) in [6, 6.07) is 0.0106. The van der Waals surface area contributed by atoms with Crippen LogP contribution in [0.1, 0.15) is 74.7 Å². The molecule has 1 amide bonds. The summed E-state index contributed by atoms with van der Waals surface area (Å²) in [6.07, 6.45) is 1.90. The van der Waals surface area contributed by atoms with E-state index in [1.807, 2.05) is 34.6 Å². The Bertz CT molecular complexity index is 565. The molecule has 29 heavy (non-hydrogen) atoms. The van der Waals surface area contributed by atoms with Crippen LogP contribution in [0.15, 0.2) is 0 Å². The van der Waals surface area contributed by atoms with Crippen molar-refractivity contribution in [2.24, 2.45) is 5.92 Å². The van der Waals surface area contributed by atoms with Crippen molar-refractivity contribution in [1.29, 1.82) is 0 Å². The van der Waals surface area contributed by atoms with E-state index in [9.17, 15) is 9.59 Å². The molecule has 0 aliphatic carbocycles. The molecular formula is C22H43NO5Si. The van der Waals surface area contributed by atoms with Gasteiger partial charge in [-0.3, -0.25) is 4.79 Å². The number of likely N-dealkylation sites (tertiary alicyclic amines) is 1. The Morgan fingerprint density at radius 1 is 1.14 bits per heavy atom. The van der Waals surface area contributed by atoms with E-state index >= 15 is 0 Å². The summed E-state index contributed by atoms with van der Waals surface area (Å²) in [5, 5.41) is 0.111. The van der Waals surface area contributed by atoms with E-state index in [4.69, 9.17) is 13.9 Å². The standard InChI is InChI=1S/C22H43NO5Si/c1-11-26-19(24)16(2)12-13-17-14-18(28-29(9,10)22(6,7)8)15-23(17)20(25)27-21(3,4)5/h16-18H,11-15H2,1-10H3/t16?,17-,18-/m1/s1. The number of hydrogen-bond acceptors (Lipinski definition) is 5. The van der Waals surface area contributed by atoms with E-state index in [-0.39, 0.29) is 35.2 Å². The van der Waals surface area contributed by atoms with Crippen molar-refractivity contribution >= 4 is 20.4 Å². The van der Waals surface area contributed by atoms with Crippen LogP contribution in [0.2, 0.25) is 18.1 Å². The molecule has 0 aromatic heterocycles. The summed E-state index contributed by atoms with van der Waals surface area (Å²) in [7, 11) is -1.94. The molecule has 0 bridgehead atoms. The first-order valence-corrected chi connectivity index (χ1v) is 13.8. The third-order valence-electron chi connectivity index (χ3n) is 5.89. The Labute approximate surface area is 178 Å². The highest BCUT2D eigenvalue weighted by atomic mass is 28.4. The zero-order valence-electron chi connectivity index (χ0n) is 20.3. The van der Waals surface area contributed by atoms with Gasteiger partial charge in [0.2, 0.25) is 0 Å². The molecule has 6 nitrogen and oxygen atoms in total. The third-order valence-corrected chi connectivity index (χ3v) is 10.4. The molecular weight excluding hydrogens is 386 g/mol. The Kier molecular flexibility index (Phi) is 8.78. The zero-order valence-corrected chi connectivity index (χ0v) is 21.3. The van der Waals surface area contributed by atoms with Gasteiger partial charge in [0.25, 0.3) is 0 Å². The van der Waals surface area contributed by atoms with Crippen molar-refractivity contribution < 1.29 is 23.5 Å². The maximum atomic E-state index is 12.8. The first kappa shape index (κ1) is 26.0. The van der Waals surface area contributed by atoms with Gasteiger partial charge in [-0.05, 0) is 65.1 Å². The summed E-state index contributed by atoms with van der Waals surface area (Å²) in [4.78, 5) is 26.6. The smallest absolute Gasteiger partial charge is 0.410 e. The fourth-order valence-corrected chi connectivity index (χ4v) is 4.57. The van der Waals surface area contributed by atoms with Crippen molar-refractivity contribution in [3.05, 3.63) is 0 Å². The summed E-state index contributed by atoms with van der Waals surface area (Å²) >= 11 is 0. The number of hydrogen-bond donors (Lipinski definition) is 0. The maximum absolute atomic E-state index is 12.8. The molecule has 7 heteroatoms. The largest absolute Gasteiger partial charge is 0.466 e. The summed E-state index contributed by atoms with van der Waals surface area (Å²) < 4.78 is 17.4. The number of rotatable bonds is 7. The molecule has 1 aliphatic rings. The predicted octanol–water partition coefficient (Wildman–Crippen LogP) is 5.37. The Morgan fingerprint density at radius 3 is 2.21 bits per heavy atom. The van der Waals surface area contributed by atoms with Crippen LogP contribution in [0.5, 0.6) is 0 Å². The van der Waals surface area contributed by atoms with Crippen molar-refractivity contribution in [2.45, 2.75) is 111 Å². The summed E-state index contributed by atoms with van der Waals surface area (Å²) in [5.74, 6) is -0.362. The van der Waals surface area contributed by atoms with Crippen LogP contribution in [-0.2, 0) is 18.7 Å². The van der Waals surface area contributed by atoms with Crippen molar-refractivity contribution in [1.82, 2.24) is 4.90 Å². The summed E-state index contributed by atoms with van der Waals surface area (Å²) in [5.41, 5.74) is -0.543. The molecule has 0 saturated carbocycles. The van der Waals surface area contributed by atoms with Gasteiger partial charge in [0.1, 0.15) is 5.60 Å². The van der Waals surface area contributed by atoms with E-state index in [2.05, 4.69) is 33.9 Å². The average Bonchev–Trinajstić information content (AvgIpc) is 2.92. The molecule has 1 saturated heterocycles. The van der Waals surface area contributed by atoms with E-state index in [1.54, 1.807) is 4.90 Å². The molecule has 3 atom stereocenters. The number of amides is 1. The number of nitrogens with zero attached hydrogens (tertiary/aromatic N) is 1. The fourth-order valence-electron chi connectivity index (χ4n) is 3.22. The topological polar surface area (TPSA) is 65.1 Å². The van der Waals surface area contributed by atoms with Crippen LogP contribution in [0.3, 0.4) is 0 Å². The van der Waals surface area contributed by atoms with Crippen LogP contribution < -0.4 is 0 Å². The molecule has 170 valence electrons. The minimum absolute atomic E-state index is 0.00584. The lowest BCUT2D eigenvalue weighted by atomic mass is 10.00. The lowest BCUT2D eigenvalue weighted by Crippen LogP contribution is -2.45. The summed E-state index contributed by atoms with van der Waals surface area (Å²) in [6.45, 7) is 21.4. The first-order valence-electron chi connectivity index (χ1n) is 10.9. The van der Waals surface area contributed by atoms with Crippen molar-refractivity contribution in [2.75, 3.05) is 13.2 Å². The Hall–Kier alpha value is -1.08. The van der Waals surface area contributed by atoms with Gasteiger partial charge in [-0.15, -0.1) is 0 Å². The minimum atomic E-state index is -1.94. The second-order valence-corrected chi connectivity index (χ2v) is 15.5. The number of carbonyl (C=O) groups excluding carboxylic acids is 2. The SMILES string of the molecule is CCOC(=O)C(C)CC[C@@H]1C[C@@H](O[Si](C)(C)C(C)(C)C)CN1C(=O)OC(C)(C)C. The normalized spacial score (nSPS) is 21.8. The lowest BCUT2D eigenvalue weighted by molar-refractivity contribution is -0.147. The molecule has 0 N–H and O–H groups in total. The highest BCUT2D eigenvalue weighted by Crippen LogP contribution is 2.39. The van der Waals surface area contributed by atoms with Crippen LogP contribution in [0.25, 0.3) is 0 Å². The Morgan fingerprint density at radius 2 is 1.72 bits per heavy atom. The van der Waals surface area contributed by atoms with E-state index in [0.717, 1.165) is 12.8 Å². The molecule has 0 radical (unpaired) electrons. The van der Waals surface area contributed by atoms with Crippen LogP contribution in [-0.4, -0.2) is 56.2 Å². The molecule has 0 aromatic carbocycles. The molecule has 1 aliphatic heterocycles. The average molecular weight is 430 g/mol. The Balaban J connectivity index is 2.87. The minimum Gasteiger partial charge on any atom is -0.466 e. The fraction of sp³-hybridized carbons (Fsp3) is 0.909. The molecule has 1 fully saturated rings. The second kappa shape index (κ2) is 9.82. The van der Waals surface area contributed by atoms with E-state index < -0.39 is 13.9 Å². The molecule has 1 rings (SSSR count). The van der Waals surface area contributed by atoms with Gasteiger partial charge in [-0.25, -0.2) is 4.79 Å². The van der Waals surface area contributed by atoms with Crippen molar-refractivity contribution in [3.8, 4) is 0 Å². The monoisotopic (exact) mass is 429 g/mol. The number of carbonyl (C=O) groups is 2. The van der Waals surface area contributed by atoms with Gasteiger partial charge in [0, 0.05) is 12.6 Å². The van der Waals surface area contributed by atoms with Crippen molar-refractivity contribution in [3.63, 3.8) is 0 Å². The first-order chi connectivity index (χ1) is 13.1.